The van der Waals surface area contributed by atoms with Gasteiger partial charge in [-0.05, 0) is 12.8 Å². The van der Waals surface area contributed by atoms with Gasteiger partial charge in [-0.2, -0.15) is 0 Å². The van der Waals surface area contributed by atoms with Gasteiger partial charge < -0.3 is 10.5 Å². The topological polar surface area (TPSA) is 44.1 Å². The molecule has 0 heterocycles. The highest BCUT2D eigenvalue weighted by molar-refractivity contribution is 5.60. The van der Waals surface area contributed by atoms with Crippen molar-refractivity contribution in [3.05, 3.63) is 0 Å². The molecule has 1 unspecified atom stereocenters. The average Bonchev–Trinajstić information content (AvgIpc) is 1.87. The molecular formula is C8H17NO. The number of rotatable bonds is 4. The van der Waals surface area contributed by atoms with Crippen molar-refractivity contribution in [2.24, 2.45) is 5.41 Å². The maximum Gasteiger partial charge on any atom is 0.0546 e. The van der Waals surface area contributed by atoms with Crippen LogP contribution in [0, 0.1) is 10.8 Å². The second kappa shape index (κ2) is 3.71. The third-order valence-corrected chi connectivity index (χ3v) is 1.62. The first-order valence-electron chi connectivity index (χ1n) is 3.71. The molecule has 0 aromatic rings. The molecule has 0 aromatic carbocycles. The summed E-state index contributed by atoms with van der Waals surface area (Å²) in [7, 11) is 0. The fourth-order valence-electron chi connectivity index (χ4n) is 0.811. The van der Waals surface area contributed by atoms with E-state index in [1.165, 1.54) is 6.21 Å². The normalized spacial score (nSPS) is 14.8. The molecule has 60 valence electrons. The van der Waals surface area contributed by atoms with E-state index in [0.29, 0.717) is 6.42 Å². The van der Waals surface area contributed by atoms with Crippen molar-refractivity contribution in [2.75, 3.05) is 0 Å². The predicted octanol–water partition coefficient (Wildman–Crippen LogP) is 1.82. The molecule has 0 aliphatic heterocycles. The first kappa shape index (κ1) is 9.63. The summed E-state index contributed by atoms with van der Waals surface area (Å²) in [4.78, 5) is 0. The molecule has 0 bridgehead atoms. The van der Waals surface area contributed by atoms with E-state index in [0.717, 1.165) is 6.42 Å². The molecule has 0 aromatic heterocycles. The standard InChI is InChI=1S/C8H17NO/c1-4-7(10)5-8(2,3)6-9/h6-7,9-10H,4-5H2,1-3H3. The van der Waals surface area contributed by atoms with Crippen LogP contribution in [0.25, 0.3) is 0 Å². The third kappa shape index (κ3) is 3.62. The summed E-state index contributed by atoms with van der Waals surface area (Å²) in [5.41, 5.74) is -0.143. The van der Waals surface area contributed by atoms with Crippen molar-refractivity contribution < 1.29 is 5.11 Å². The summed E-state index contributed by atoms with van der Waals surface area (Å²) in [5, 5.41) is 16.3. The molecule has 0 aliphatic rings. The Morgan fingerprint density at radius 2 is 2.10 bits per heavy atom. The summed E-state index contributed by atoms with van der Waals surface area (Å²) in [6, 6.07) is 0. The van der Waals surface area contributed by atoms with Gasteiger partial charge in [0.05, 0.1) is 6.10 Å². The zero-order chi connectivity index (χ0) is 8.20. The second-order valence-electron chi connectivity index (χ2n) is 3.40. The summed E-state index contributed by atoms with van der Waals surface area (Å²) < 4.78 is 0. The van der Waals surface area contributed by atoms with Gasteiger partial charge >= 0.3 is 0 Å². The summed E-state index contributed by atoms with van der Waals surface area (Å²) in [5.74, 6) is 0. The van der Waals surface area contributed by atoms with Gasteiger partial charge in [0.25, 0.3) is 0 Å². The molecule has 0 radical (unpaired) electrons. The zero-order valence-electron chi connectivity index (χ0n) is 7.02. The van der Waals surface area contributed by atoms with E-state index in [-0.39, 0.29) is 11.5 Å². The molecule has 1 atom stereocenters. The quantitative estimate of drug-likeness (QED) is 0.579. The maximum atomic E-state index is 9.22. The fraction of sp³-hybridized carbons (Fsp3) is 0.875. The van der Waals surface area contributed by atoms with E-state index >= 15 is 0 Å². The smallest absolute Gasteiger partial charge is 0.0546 e. The number of hydrogen-bond donors (Lipinski definition) is 2. The van der Waals surface area contributed by atoms with Crippen molar-refractivity contribution in [3.63, 3.8) is 0 Å². The van der Waals surface area contributed by atoms with Crippen LogP contribution in [0.3, 0.4) is 0 Å². The largest absolute Gasteiger partial charge is 0.393 e. The molecule has 2 heteroatoms. The van der Waals surface area contributed by atoms with Crippen LogP contribution in [-0.4, -0.2) is 17.4 Å². The lowest BCUT2D eigenvalue weighted by molar-refractivity contribution is 0.133. The van der Waals surface area contributed by atoms with Gasteiger partial charge in [0.2, 0.25) is 0 Å². The van der Waals surface area contributed by atoms with Crippen LogP contribution in [0.2, 0.25) is 0 Å². The minimum atomic E-state index is -0.253. The van der Waals surface area contributed by atoms with Crippen molar-refractivity contribution in [1.29, 1.82) is 5.41 Å². The van der Waals surface area contributed by atoms with E-state index in [9.17, 15) is 5.11 Å². The number of aliphatic hydroxyl groups excluding tert-OH is 1. The van der Waals surface area contributed by atoms with Crippen LogP contribution in [-0.2, 0) is 0 Å². The maximum absolute atomic E-state index is 9.22. The number of hydrogen-bond acceptors (Lipinski definition) is 2. The Morgan fingerprint density at radius 1 is 1.60 bits per heavy atom. The number of nitrogens with one attached hydrogen (secondary N) is 1. The lowest BCUT2D eigenvalue weighted by Crippen LogP contribution is -2.20. The summed E-state index contributed by atoms with van der Waals surface area (Å²) in [6.07, 6.45) is 2.60. The van der Waals surface area contributed by atoms with Gasteiger partial charge in [-0.1, -0.05) is 20.8 Å². The van der Waals surface area contributed by atoms with Crippen LogP contribution in [0.15, 0.2) is 0 Å². The van der Waals surface area contributed by atoms with Gasteiger partial charge in [0.15, 0.2) is 0 Å². The van der Waals surface area contributed by atoms with E-state index in [1.54, 1.807) is 0 Å². The van der Waals surface area contributed by atoms with Crippen LogP contribution in [0.5, 0.6) is 0 Å². The van der Waals surface area contributed by atoms with Crippen LogP contribution >= 0.6 is 0 Å². The van der Waals surface area contributed by atoms with E-state index < -0.39 is 0 Å². The van der Waals surface area contributed by atoms with Crippen LogP contribution in [0.1, 0.15) is 33.6 Å². The highest BCUT2D eigenvalue weighted by atomic mass is 16.3. The van der Waals surface area contributed by atoms with Gasteiger partial charge in [-0.15, -0.1) is 0 Å². The van der Waals surface area contributed by atoms with Crippen LogP contribution < -0.4 is 0 Å². The SMILES string of the molecule is CCC(O)CC(C)(C)C=N. The molecule has 0 aliphatic carbocycles. The molecule has 10 heavy (non-hydrogen) atoms. The summed E-state index contributed by atoms with van der Waals surface area (Å²) >= 11 is 0. The zero-order valence-corrected chi connectivity index (χ0v) is 7.02. The van der Waals surface area contributed by atoms with Crippen LogP contribution in [0.4, 0.5) is 0 Å². The molecule has 0 fully saturated rings. The van der Waals surface area contributed by atoms with Gasteiger partial charge in [-0.3, -0.25) is 0 Å². The summed E-state index contributed by atoms with van der Waals surface area (Å²) in [6.45, 7) is 5.86. The first-order valence-corrected chi connectivity index (χ1v) is 3.71. The minimum absolute atomic E-state index is 0.143. The molecule has 2 N–H and O–H groups in total. The third-order valence-electron chi connectivity index (χ3n) is 1.62. The van der Waals surface area contributed by atoms with Gasteiger partial charge in [0, 0.05) is 11.6 Å². The Labute approximate surface area is 62.8 Å². The van der Waals surface area contributed by atoms with E-state index in [1.807, 2.05) is 20.8 Å². The van der Waals surface area contributed by atoms with Crippen molar-refractivity contribution in [1.82, 2.24) is 0 Å². The van der Waals surface area contributed by atoms with Crippen molar-refractivity contribution in [3.8, 4) is 0 Å². The average molecular weight is 143 g/mol. The monoisotopic (exact) mass is 143 g/mol. The lowest BCUT2D eigenvalue weighted by Gasteiger charge is -2.21. The Kier molecular flexibility index (Phi) is 3.58. The highest BCUT2D eigenvalue weighted by Gasteiger charge is 2.17. The van der Waals surface area contributed by atoms with Gasteiger partial charge in [-0.25, -0.2) is 0 Å². The second-order valence-corrected chi connectivity index (χ2v) is 3.40. The Morgan fingerprint density at radius 3 is 2.40 bits per heavy atom. The molecule has 0 spiro atoms. The fourth-order valence-corrected chi connectivity index (χ4v) is 0.811. The lowest BCUT2D eigenvalue weighted by atomic mass is 9.87. The molecule has 0 amide bonds. The van der Waals surface area contributed by atoms with Crippen molar-refractivity contribution in [2.45, 2.75) is 39.7 Å². The molecule has 0 saturated carbocycles. The molecular weight excluding hydrogens is 126 g/mol. The molecule has 2 nitrogen and oxygen atoms in total. The van der Waals surface area contributed by atoms with Crippen molar-refractivity contribution >= 4 is 6.21 Å². The Balaban J connectivity index is 3.75. The van der Waals surface area contributed by atoms with Gasteiger partial charge in [0.1, 0.15) is 0 Å². The molecule has 0 saturated heterocycles. The predicted molar refractivity (Wildman–Crippen MR) is 43.5 cm³/mol. The first-order chi connectivity index (χ1) is 4.52. The minimum Gasteiger partial charge on any atom is -0.393 e. The Bertz CT molecular complexity index is 110. The van der Waals surface area contributed by atoms with E-state index in [4.69, 9.17) is 5.41 Å². The number of aliphatic hydroxyl groups is 1. The molecule has 0 rings (SSSR count). The van der Waals surface area contributed by atoms with E-state index in [2.05, 4.69) is 0 Å². The Hall–Kier alpha value is -0.370. The highest BCUT2D eigenvalue weighted by Crippen LogP contribution is 2.20.